The maximum atomic E-state index is 12.8. The standard InChI is InChI=1S/C24H17ClN2O2S/c25-22-18(17-9-8-14-5-1-2-6-15(14)11-17)20-21(28)19(23(29)27-24(20)30-22)16-7-3-4-13(10-16)12-26/h3-4,7-11H,1-2,5-6H2,(H2,27,28,29). The van der Waals surface area contributed by atoms with Gasteiger partial charge in [-0.25, -0.2) is 0 Å². The Morgan fingerprint density at radius 1 is 1.03 bits per heavy atom. The Balaban J connectivity index is 1.77. The number of nitriles is 1. The summed E-state index contributed by atoms with van der Waals surface area (Å²) >= 11 is 7.85. The number of nitrogens with zero attached hydrogens (tertiary/aromatic N) is 1. The molecule has 0 spiro atoms. The number of pyridine rings is 1. The molecule has 0 aliphatic heterocycles. The minimum Gasteiger partial charge on any atom is -0.506 e. The summed E-state index contributed by atoms with van der Waals surface area (Å²) in [6.45, 7) is 0. The third-order valence-corrected chi connectivity index (χ3v) is 7.02. The maximum Gasteiger partial charge on any atom is 0.260 e. The van der Waals surface area contributed by atoms with E-state index in [2.05, 4.69) is 23.2 Å². The molecule has 6 heteroatoms. The molecule has 2 aromatic carbocycles. The number of benzene rings is 2. The van der Waals surface area contributed by atoms with E-state index in [9.17, 15) is 15.2 Å². The lowest BCUT2D eigenvalue weighted by Gasteiger charge is -2.17. The lowest BCUT2D eigenvalue weighted by atomic mass is 9.89. The zero-order valence-corrected chi connectivity index (χ0v) is 17.5. The van der Waals surface area contributed by atoms with Crippen molar-refractivity contribution in [2.75, 3.05) is 0 Å². The lowest BCUT2D eigenvalue weighted by Crippen LogP contribution is -2.08. The second-order valence-electron chi connectivity index (χ2n) is 7.52. The zero-order valence-electron chi connectivity index (χ0n) is 16.0. The number of rotatable bonds is 2. The summed E-state index contributed by atoms with van der Waals surface area (Å²) in [6, 6.07) is 15.1. The molecule has 2 N–H and O–H groups in total. The number of hydrogen-bond donors (Lipinski definition) is 2. The third-order valence-electron chi connectivity index (χ3n) is 5.71. The van der Waals surface area contributed by atoms with E-state index in [1.807, 2.05) is 6.07 Å². The smallest absolute Gasteiger partial charge is 0.260 e. The molecule has 1 aliphatic rings. The van der Waals surface area contributed by atoms with Crippen molar-refractivity contribution in [1.29, 1.82) is 5.26 Å². The van der Waals surface area contributed by atoms with E-state index in [0.29, 0.717) is 25.7 Å². The molecule has 30 heavy (non-hydrogen) atoms. The van der Waals surface area contributed by atoms with Crippen molar-refractivity contribution in [2.45, 2.75) is 25.7 Å². The molecular formula is C24H17ClN2O2S. The molecule has 4 aromatic rings. The van der Waals surface area contributed by atoms with Gasteiger partial charge in [-0.2, -0.15) is 5.26 Å². The summed E-state index contributed by atoms with van der Waals surface area (Å²) in [5.41, 5.74) is 5.01. The number of H-pyrrole nitrogens is 1. The highest BCUT2D eigenvalue weighted by Gasteiger charge is 2.23. The van der Waals surface area contributed by atoms with Crippen LogP contribution in [0.2, 0.25) is 4.34 Å². The molecule has 0 unspecified atom stereocenters. The van der Waals surface area contributed by atoms with Gasteiger partial charge in [-0.3, -0.25) is 4.79 Å². The van der Waals surface area contributed by atoms with Gasteiger partial charge in [0.05, 0.1) is 22.6 Å². The minimum atomic E-state index is -0.412. The maximum absolute atomic E-state index is 12.8. The molecule has 2 heterocycles. The first-order valence-electron chi connectivity index (χ1n) is 9.77. The fourth-order valence-corrected chi connectivity index (χ4v) is 5.66. The summed E-state index contributed by atoms with van der Waals surface area (Å²) in [5.74, 6) is -0.111. The van der Waals surface area contributed by atoms with Gasteiger partial charge < -0.3 is 10.1 Å². The molecule has 0 amide bonds. The summed E-state index contributed by atoms with van der Waals surface area (Å²) in [5, 5.41) is 20.9. The predicted octanol–water partition coefficient (Wildman–Crippen LogP) is 6.03. The Morgan fingerprint density at radius 3 is 2.60 bits per heavy atom. The van der Waals surface area contributed by atoms with Crippen LogP contribution in [-0.4, -0.2) is 10.1 Å². The van der Waals surface area contributed by atoms with Crippen molar-refractivity contribution in [3.63, 3.8) is 0 Å². The molecule has 0 atom stereocenters. The number of aromatic amines is 1. The quantitative estimate of drug-likeness (QED) is 0.405. The van der Waals surface area contributed by atoms with E-state index < -0.39 is 5.56 Å². The number of hydrogen-bond acceptors (Lipinski definition) is 4. The SMILES string of the molecule is N#Cc1cccc(-c2c(O)c3c(-c4ccc5c(c4)CCCC5)c(Cl)sc3[nH]c2=O)c1. The number of halogens is 1. The third kappa shape index (κ3) is 3.00. The van der Waals surface area contributed by atoms with E-state index in [1.165, 1.54) is 35.3 Å². The molecule has 0 fully saturated rings. The van der Waals surface area contributed by atoms with Crippen molar-refractivity contribution < 1.29 is 5.11 Å². The summed E-state index contributed by atoms with van der Waals surface area (Å²) in [7, 11) is 0. The minimum absolute atomic E-state index is 0.111. The second-order valence-corrected chi connectivity index (χ2v) is 9.14. The summed E-state index contributed by atoms with van der Waals surface area (Å²) < 4.78 is 0.523. The van der Waals surface area contributed by atoms with Crippen LogP contribution in [0.25, 0.3) is 32.5 Å². The van der Waals surface area contributed by atoms with Crippen LogP contribution in [-0.2, 0) is 12.8 Å². The molecule has 2 aromatic heterocycles. The topological polar surface area (TPSA) is 76.9 Å². The van der Waals surface area contributed by atoms with Crippen molar-refractivity contribution in [2.24, 2.45) is 0 Å². The van der Waals surface area contributed by atoms with Crippen LogP contribution >= 0.6 is 22.9 Å². The molecule has 5 rings (SSSR count). The zero-order chi connectivity index (χ0) is 20.8. The Labute approximate surface area is 182 Å². The lowest BCUT2D eigenvalue weighted by molar-refractivity contribution is 0.483. The molecule has 148 valence electrons. The van der Waals surface area contributed by atoms with Gasteiger partial charge in [0, 0.05) is 5.56 Å². The highest BCUT2D eigenvalue weighted by molar-refractivity contribution is 7.23. The Morgan fingerprint density at radius 2 is 1.80 bits per heavy atom. The normalized spacial score (nSPS) is 13.2. The van der Waals surface area contributed by atoms with Gasteiger partial charge in [0.1, 0.15) is 14.9 Å². The van der Waals surface area contributed by atoms with Gasteiger partial charge in [-0.1, -0.05) is 41.9 Å². The van der Waals surface area contributed by atoms with Gasteiger partial charge in [0.2, 0.25) is 0 Å². The van der Waals surface area contributed by atoms with Gasteiger partial charge in [-0.15, -0.1) is 11.3 Å². The van der Waals surface area contributed by atoms with Crippen molar-refractivity contribution >= 4 is 33.2 Å². The van der Waals surface area contributed by atoms with E-state index in [0.717, 1.165) is 24.0 Å². The van der Waals surface area contributed by atoms with Crippen LogP contribution in [0.5, 0.6) is 5.75 Å². The fraction of sp³-hybridized carbons (Fsp3) is 0.167. The van der Waals surface area contributed by atoms with Crippen LogP contribution < -0.4 is 5.56 Å². The van der Waals surface area contributed by atoms with Crippen LogP contribution in [0.15, 0.2) is 47.3 Å². The van der Waals surface area contributed by atoms with Crippen LogP contribution in [0.1, 0.15) is 29.5 Å². The van der Waals surface area contributed by atoms with E-state index in [1.54, 1.807) is 24.3 Å². The van der Waals surface area contributed by atoms with Crippen molar-refractivity contribution in [1.82, 2.24) is 4.98 Å². The van der Waals surface area contributed by atoms with Crippen LogP contribution in [0.3, 0.4) is 0 Å². The molecular weight excluding hydrogens is 416 g/mol. The fourth-order valence-electron chi connectivity index (χ4n) is 4.27. The number of aromatic hydroxyl groups is 1. The van der Waals surface area contributed by atoms with Gasteiger partial charge in [-0.05, 0) is 60.1 Å². The molecule has 4 nitrogen and oxygen atoms in total. The highest BCUT2D eigenvalue weighted by Crippen LogP contribution is 2.47. The highest BCUT2D eigenvalue weighted by atomic mass is 35.5. The largest absolute Gasteiger partial charge is 0.506 e. The van der Waals surface area contributed by atoms with Gasteiger partial charge in [0.25, 0.3) is 5.56 Å². The Kier molecular flexibility index (Phi) is 4.62. The van der Waals surface area contributed by atoms with Crippen molar-refractivity contribution in [3.05, 3.63) is 73.8 Å². The van der Waals surface area contributed by atoms with E-state index in [-0.39, 0.29) is 11.3 Å². The Bertz CT molecular complexity index is 1410. The average molecular weight is 433 g/mol. The molecule has 0 saturated heterocycles. The van der Waals surface area contributed by atoms with Gasteiger partial charge >= 0.3 is 0 Å². The van der Waals surface area contributed by atoms with Crippen LogP contribution in [0, 0.1) is 11.3 Å². The average Bonchev–Trinajstić information content (AvgIpc) is 3.09. The first-order valence-corrected chi connectivity index (χ1v) is 11.0. The second kappa shape index (κ2) is 7.32. The number of nitrogens with one attached hydrogen (secondary N) is 1. The number of thiophene rings is 1. The predicted molar refractivity (Wildman–Crippen MR) is 121 cm³/mol. The van der Waals surface area contributed by atoms with Gasteiger partial charge in [0.15, 0.2) is 0 Å². The number of aromatic nitrogens is 1. The first-order chi connectivity index (χ1) is 14.6. The first kappa shape index (κ1) is 18.9. The molecule has 0 radical (unpaired) electrons. The van der Waals surface area contributed by atoms with Crippen molar-refractivity contribution in [3.8, 4) is 34.1 Å². The van der Waals surface area contributed by atoms with Crippen LogP contribution in [0.4, 0.5) is 0 Å². The number of fused-ring (bicyclic) bond motifs is 2. The van der Waals surface area contributed by atoms with E-state index >= 15 is 0 Å². The summed E-state index contributed by atoms with van der Waals surface area (Å²) in [4.78, 5) is 16.2. The molecule has 1 aliphatic carbocycles. The molecule has 0 saturated carbocycles. The summed E-state index contributed by atoms with van der Waals surface area (Å²) in [6.07, 6.45) is 4.51. The Hall–Kier alpha value is -3.07. The van der Waals surface area contributed by atoms with E-state index in [4.69, 9.17) is 11.6 Å². The molecule has 0 bridgehead atoms. The monoisotopic (exact) mass is 432 g/mol. The number of aryl methyl sites for hydroxylation is 2.